The zero-order valence-corrected chi connectivity index (χ0v) is 7.17. The Morgan fingerprint density at radius 2 is 2.22 bits per heavy atom. The molecule has 4 N–H and O–H groups in total. The molecule has 0 heterocycles. The number of hydrogen-bond acceptors (Lipinski definition) is 3. The van der Waals surface area contributed by atoms with Crippen LogP contribution in [0.4, 0.5) is 0 Å². The Kier molecular flexibility index (Phi) is 5.02. The molecule has 1 amide bonds. The van der Waals surface area contributed by atoms with E-state index in [1.54, 1.807) is 22.9 Å². The summed E-state index contributed by atoms with van der Waals surface area (Å²) in [6.45, 7) is 0.538. The Morgan fingerprint density at radius 1 is 1.67 bits per heavy atom. The lowest BCUT2D eigenvalue weighted by molar-refractivity contribution is -0.125. The summed E-state index contributed by atoms with van der Waals surface area (Å²) in [5, 5.41) is 0. The van der Waals surface area contributed by atoms with Gasteiger partial charge in [0.2, 0.25) is 5.91 Å². The quantitative estimate of drug-likeness (QED) is 0.236. The Hall–Kier alpha value is 0.120. The van der Waals surface area contributed by atoms with E-state index in [1.807, 2.05) is 0 Å². The van der Waals surface area contributed by atoms with Crippen LogP contribution in [0.5, 0.6) is 0 Å². The molecule has 0 saturated carbocycles. The van der Waals surface area contributed by atoms with Crippen LogP contribution in [0.15, 0.2) is 0 Å². The molecule has 0 atom stereocenters. The van der Waals surface area contributed by atoms with Crippen molar-refractivity contribution in [1.29, 1.82) is 0 Å². The summed E-state index contributed by atoms with van der Waals surface area (Å²) in [6.07, 6.45) is 1.14. The highest BCUT2D eigenvalue weighted by atomic mass is 127. The predicted octanol–water partition coefficient (Wildman–Crippen LogP) is -0.222. The minimum Gasteiger partial charge on any atom is -0.330 e. The maximum absolute atomic E-state index is 10.6. The second-order valence-electron chi connectivity index (χ2n) is 1.60. The van der Waals surface area contributed by atoms with Gasteiger partial charge >= 0.3 is 0 Å². The molecule has 5 heteroatoms. The van der Waals surface area contributed by atoms with E-state index in [0.29, 0.717) is 19.4 Å². The summed E-state index contributed by atoms with van der Waals surface area (Å²) in [5.74, 6) is 5.02. The lowest BCUT2D eigenvalue weighted by Crippen LogP contribution is -2.27. The van der Waals surface area contributed by atoms with Crippen molar-refractivity contribution in [2.45, 2.75) is 12.8 Å². The van der Waals surface area contributed by atoms with Crippen molar-refractivity contribution in [1.82, 2.24) is 3.22 Å². The fourth-order valence-corrected chi connectivity index (χ4v) is 0.601. The zero-order chi connectivity index (χ0) is 7.28. The number of rotatable bonds is 3. The topological polar surface area (TPSA) is 72.4 Å². The molecule has 0 spiro atoms. The molecule has 0 radical (unpaired) electrons. The van der Waals surface area contributed by atoms with Crippen LogP contribution in [0, 0.1) is 0 Å². The van der Waals surface area contributed by atoms with Gasteiger partial charge in [-0.25, -0.2) is 9.06 Å². The SMILES string of the molecule is NCCCC(=O)N(N)I. The standard InChI is InChI=1S/C4H10IN3O/c5-8(7)4(9)2-1-3-6/h1-3,6-7H2. The van der Waals surface area contributed by atoms with Gasteiger partial charge in [-0.1, -0.05) is 0 Å². The van der Waals surface area contributed by atoms with Gasteiger partial charge in [0.25, 0.3) is 0 Å². The summed E-state index contributed by atoms with van der Waals surface area (Å²) >= 11 is 1.73. The second kappa shape index (κ2) is 4.95. The third kappa shape index (κ3) is 4.61. The largest absolute Gasteiger partial charge is 0.330 e. The first-order valence-corrected chi connectivity index (χ1v) is 3.58. The number of hydrazine groups is 1. The van der Waals surface area contributed by atoms with E-state index >= 15 is 0 Å². The molecule has 0 saturated heterocycles. The molecule has 0 unspecified atom stereocenters. The lowest BCUT2D eigenvalue weighted by atomic mass is 10.3. The van der Waals surface area contributed by atoms with Crippen molar-refractivity contribution >= 4 is 28.8 Å². The molecule has 4 nitrogen and oxygen atoms in total. The number of nitrogens with two attached hydrogens (primary N) is 2. The average Bonchev–Trinajstić information content (AvgIpc) is 1.82. The lowest BCUT2D eigenvalue weighted by Gasteiger charge is -2.04. The van der Waals surface area contributed by atoms with Gasteiger partial charge in [0.15, 0.2) is 0 Å². The minimum atomic E-state index is -0.0824. The molecular weight excluding hydrogens is 233 g/mol. The van der Waals surface area contributed by atoms with Gasteiger partial charge in [0.05, 0.1) is 22.9 Å². The van der Waals surface area contributed by atoms with Crippen LogP contribution in [0.2, 0.25) is 0 Å². The predicted molar refractivity (Wildman–Crippen MR) is 43.3 cm³/mol. The van der Waals surface area contributed by atoms with E-state index in [9.17, 15) is 4.79 Å². The molecule has 9 heavy (non-hydrogen) atoms. The fourth-order valence-electron chi connectivity index (χ4n) is 0.360. The first kappa shape index (κ1) is 9.12. The van der Waals surface area contributed by atoms with Gasteiger partial charge in [0, 0.05) is 6.42 Å². The van der Waals surface area contributed by atoms with E-state index in [4.69, 9.17) is 11.6 Å². The van der Waals surface area contributed by atoms with Crippen LogP contribution in [0.25, 0.3) is 0 Å². The van der Waals surface area contributed by atoms with E-state index in [-0.39, 0.29) is 5.91 Å². The third-order valence-corrected chi connectivity index (χ3v) is 1.37. The van der Waals surface area contributed by atoms with Crippen molar-refractivity contribution in [3.05, 3.63) is 0 Å². The normalized spacial score (nSPS) is 9.22. The van der Waals surface area contributed by atoms with Gasteiger partial charge in [-0.3, -0.25) is 4.79 Å². The summed E-state index contributed by atoms with van der Waals surface area (Å²) in [7, 11) is 0. The van der Waals surface area contributed by atoms with Crippen LogP contribution in [0.3, 0.4) is 0 Å². The highest BCUT2D eigenvalue weighted by Gasteiger charge is 2.02. The van der Waals surface area contributed by atoms with Gasteiger partial charge in [-0.05, 0) is 13.0 Å². The molecule has 0 aliphatic heterocycles. The number of hydrogen-bond donors (Lipinski definition) is 2. The molecule has 0 aliphatic rings. The van der Waals surface area contributed by atoms with Crippen LogP contribution >= 0.6 is 22.9 Å². The number of carbonyl (C=O) groups excluding carboxylic acids is 1. The van der Waals surface area contributed by atoms with E-state index in [2.05, 4.69) is 0 Å². The molecule has 0 fully saturated rings. The van der Waals surface area contributed by atoms with E-state index < -0.39 is 0 Å². The van der Waals surface area contributed by atoms with Gasteiger partial charge < -0.3 is 5.73 Å². The maximum Gasteiger partial charge on any atom is 0.245 e. The van der Waals surface area contributed by atoms with Crippen molar-refractivity contribution in [2.75, 3.05) is 6.54 Å². The third-order valence-electron chi connectivity index (χ3n) is 0.833. The summed E-state index contributed by atoms with van der Waals surface area (Å²) in [6, 6.07) is 0. The Labute approximate surface area is 68.0 Å². The van der Waals surface area contributed by atoms with Crippen molar-refractivity contribution in [3.8, 4) is 0 Å². The van der Waals surface area contributed by atoms with Crippen LogP contribution in [0.1, 0.15) is 12.8 Å². The molecule has 0 rings (SSSR count). The van der Waals surface area contributed by atoms with Gasteiger partial charge in [-0.2, -0.15) is 0 Å². The summed E-state index contributed by atoms with van der Waals surface area (Å²) in [4.78, 5) is 10.6. The van der Waals surface area contributed by atoms with Crippen molar-refractivity contribution < 1.29 is 4.79 Å². The first-order valence-electron chi connectivity index (χ1n) is 2.62. The van der Waals surface area contributed by atoms with Gasteiger partial charge in [0.1, 0.15) is 0 Å². The number of carbonyl (C=O) groups is 1. The maximum atomic E-state index is 10.6. The van der Waals surface area contributed by atoms with E-state index in [0.717, 1.165) is 3.22 Å². The molecular formula is C4H10IN3O. The fraction of sp³-hybridized carbons (Fsp3) is 0.750. The van der Waals surface area contributed by atoms with Crippen molar-refractivity contribution in [3.63, 3.8) is 0 Å². The monoisotopic (exact) mass is 243 g/mol. The molecule has 0 aromatic carbocycles. The van der Waals surface area contributed by atoms with Gasteiger partial charge in [-0.15, -0.1) is 0 Å². The average molecular weight is 243 g/mol. The Bertz CT molecular complexity index is 95.8. The smallest absolute Gasteiger partial charge is 0.245 e. The van der Waals surface area contributed by atoms with Crippen LogP contribution < -0.4 is 11.6 Å². The van der Waals surface area contributed by atoms with Crippen LogP contribution in [-0.2, 0) is 4.79 Å². The second-order valence-corrected chi connectivity index (χ2v) is 2.64. The molecule has 0 aliphatic carbocycles. The Balaban J connectivity index is 3.28. The minimum absolute atomic E-state index is 0.0824. The highest BCUT2D eigenvalue weighted by molar-refractivity contribution is 14.1. The number of nitrogens with zero attached hydrogens (tertiary/aromatic N) is 1. The molecule has 0 aromatic heterocycles. The van der Waals surface area contributed by atoms with Crippen molar-refractivity contribution in [2.24, 2.45) is 11.6 Å². The number of amides is 1. The summed E-state index contributed by atoms with van der Waals surface area (Å²) in [5.41, 5.74) is 5.16. The first-order chi connectivity index (χ1) is 4.18. The number of halogens is 1. The summed E-state index contributed by atoms with van der Waals surface area (Å²) < 4.78 is 1.05. The molecule has 0 aromatic rings. The van der Waals surface area contributed by atoms with Crippen LogP contribution in [-0.4, -0.2) is 15.7 Å². The molecule has 0 bridgehead atoms. The molecule has 54 valence electrons. The highest BCUT2D eigenvalue weighted by Crippen LogP contribution is 1.96. The zero-order valence-electron chi connectivity index (χ0n) is 5.01. The Morgan fingerprint density at radius 3 is 2.56 bits per heavy atom. The van der Waals surface area contributed by atoms with E-state index in [1.165, 1.54) is 0 Å².